The van der Waals surface area contributed by atoms with Crippen LogP contribution in [0.4, 0.5) is 4.79 Å². The topological polar surface area (TPSA) is 55.9 Å². The van der Waals surface area contributed by atoms with Gasteiger partial charge in [-0.2, -0.15) is 0 Å². The van der Waals surface area contributed by atoms with E-state index in [2.05, 4.69) is 17.1 Å². The van der Waals surface area contributed by atoms with Crippen molar-refractivity contribution < 1.29 is 9.59 Å². The van der Waals surface area contributed by atoms with E-state index in [1.165, 1.54) is 37.3 Å². The number of nitrogens with zero attached hydrogens (tertiary/aromatic N) is 3. The molecule has 0 aromatic heterocycles. The number of nitrogens with one attached hydrogen (secondary N) is 1. The molecule has 0 radical (unpaired) electrons. The molecule has 132 valence electrons. The van der Waals surface area contributed by atoms with Crippen LogP contribution in [0.2, 0.25) is 0 Å². The number of carbonyl (C=O) groups excluding carboxylic acids is 2. The third-order valence-electron chi connectivity index (χ3n) is 5.09. The number of likely N-dealkylation sites (tertiary alicyclic amines) is 2. The Balaban J connectivity index is 1.74. The van der Waals surface area contributed by atoms with E-state index >= 15 is 0 Å². The van der Waals surface area contributed by atoms with Crippen LogP contribution in [-0.2, 0) is 4.79 Å². The van der Waals surface area contributed by atoms with Gasteiger partial charge in [0.15, 0.2) is 0 Å². The largest absolute Gasteiger partial charge is 0.347 e. The van der Waals surface area contributed by atoms with Gasteiger partial charge in [0.25, 0.3) is 0 Å². The van der Waals surface area contributed by atoms with Gasteiger partial charge in [0, 0.05) is 33.7 Å². The standard InChI is InChI=1S/C17H32N4O2/c1-14-6-9-20(10-7-14)12-15-5-4-8-21(13-15)17(23)18-11-16(22)19(2)3/h14-15H,4-13H2,1-3H3,(H,18,23)/t15-/m1/s1. The maximum atomic E-state index is 12.2. The molecule has 0 bridgehead atoms. The third kappa shape index (κ3) is 5.68. The van der Waals surface area contributed by atoms with Crippen molar-refractivity contribution in [2.45, 2.75) is 32.6 Å². The zero-order valence-corrected chi connectivity index (χ0v) is 14.9. The van der Waals surface area contributed by atoms with Gasteiger partial charge in [-0.3, -0.25) is 4.79 Å². The highest BCUT2D eigenvalue weighted by molar-refractivity contribution is 5.83. The number of hydrogen-bond donors (Lipinski definition) is 1. The van der Waals surface area contributed by atoms with Gasteiger partial charge in [-0.15, -0.1) is 0 Å². The van der Waals surface area contributed by atoms with Crippen LogP contribution in [0, 0.1) is 11.8 Å². The van der Waals surface area contributed by atoms with Crippen LogP contribution in [0.25, 0.3) is 0 Å². The minimum atomic E-state index is -0.0998. The van der Waals surface area contributed by atoms with Crippen molar-refractivity contribution in [3.8, 4) is 0 Å². The Morgan fingerprint density at radius 3 is 2.48 bits per heavy atom. The zero-order chi connectivity index (χ0) is 16.8. The highest BCUT2D eigenvalue weighted by Crippen LogP contribution is 2.21. The van der Waals surface area contributed by atoms with Crippen molar-refractivity contribution in [2.24, 2.45) is 11.8 Å². The molecule has 2 saturated heterocycles. The van der Waals surface area contributed by atoms with E-state index in [0.29, 0.717) is 5.92 Å². The SMILES string of the molecule is CC1CCN(C[C@H]2CCCN(C(=O)NCC(=O)N(C)C)C2)CC1. The van der Waals surface area contributed by atoms with Gasteiger partial charge in [0.05, 0.1) is 6.54 Å². The summed E-state index contributed by atoms with van der Waals surface area (Å²) in [6.07, 6.45) is 4.85. The molecule has 2 aliphatic rings. The lowest BCUT2D eigenvalue weighted by Gasteiger charge is -2.37. The van der Waals surface area contributed by atoms with Gasteiger partial charge in [-0.25, -0.2) is 4.79 Å². The van der Waals surface area contributed by atoms with Crippen LogP contribution in [0.15, 0.2) is 0 Å². The fraction of sp³-hybridized carbons (Fsp3) is 0.882. The Morgan fingerprint density at radius 2 is 1.83 bits per heavy atom. The second kappa shape index (κ2) is 8.52. The Hall–Kier alpha value is -1.30. The van der Waals surface area contributed by atoms with E-state index in [-0.39, 0.29) is 18.5 Å². The highest BCUT2D eigenvalue weighted by Gasteiger charge is 2.26. The van der Waals surface area contributed by atoms with Gasteiger partial charge >= 0.3 is 6.03 Å². The van der Waals surface area contributed by atoms with Crippen molar-refractivity contribution in [1.29, 1.82) is 0 Å². The molecule has 2 rings (SSSR count). The van der Waals surface area contributed by atoms with Gasteiger partial charge in [-0.1, -0.05) is 6.92 Å². The molecule has 6 nitrogen and oxygen atoms in total. The molecule has 0 spiro atoms. The first-order valence-electron chi connectivity index (χ1n) is 8.91. The molecule has 0 aromatic rings. The zero-order valence-electron chi connectivity index (χ0n) is 14.9. The molecular weight excluding hydrogens is 292 g/mol. The van der Waals surface area contributed by atoms with Crippen LogP contribution in [0.3, 0.4) is 0 Å². The fourth-order valence-corrected chi connectivity index (χ4v) is 3.43. The van der Waals surface area contributed by atoms with E-state index in [1.54, 1.807) is 14.1 Å². The molecule has 1 N–H and O–H groups in total. The molecule has 1 atom stereocenters. The molecule has 23 heavy (non-hydrogen) atoms. The molecular formula is C17H32N4O2. The summed E-state index contributed by atoms with van der Waals surface area (Å²) in [5, 5.41) is 2.75. The minimum absolute atomic E-state index is 0.0747. The molecule has 2 aliphatic heterocycles. The number of carbonyl (C=O) groups is 2. The van der Waals surface area contributed by atoms with E-state index in [1.807, 2.05) is 4.90 Å². The van der Waals surface area contributed by atoms with E-state index < -0.39 is 0 Å². The molecule has 6 heteroatoms. The minimum Gasteiger partial charge on any atom is -0.347 e. The summed E-state index contributed by atoms with van der Waals surface area (Å²) in [5.74, 6) is 1.34. The van der Waals surface area contributed by atoms with Crippen molar-refractivity contribution in [3.63, 3.8) is 0 Å². The first-order valence-corrected chi connectivity index (χ1v) is 8.91. The van der Waals surface area contributed by atoms with Crippen molar-refractivity contribution in [3.05, 3.63) is 0 Å². The molecule has 2 fully saturated rings. The van der Waals surface area contributed by atoms with Gasteiger partial charge in [0.2, 0.25) is 5.91 Å². The normalized spacial score (nSPS) is 23.6. The van der Waals surface area contributed by atoms with Gasteiger partial charge < -0.3 is 20.0 Å². The highest BCUT2D eigenvalue weighted by atomic mass is 16.2. The molecule has 0 unspecified atom stereocenters. The summed E-state index contributed by atoms with van der Waals surface area (Å²) in [7, 11) is 3.40. The third-order valence-corrected chi connectivity index (χ3v) is 5.09. The average Bonchev–Trinajstić information content (AvgIpc) is 2.54. The molecule has 2 heterocycles. The summed E-state index contributed by atoms with van der Waals surface area (Å²) < 4.78 is 0. The lowest BCUT2D eigenvalue weighted by atomic mass is 9.94. The van der Waals surface area contributed by atoms with Crippen LogP contribution < -0.4 is 5.32 Å². The Bertz CT molecular complexity index is 405. The second-order valence-corrected chi connectivity index (χ2v) is 7.38. The fourth-order valence-electron chi connectivity index (χ4n) is 3.43. The number of urea groups is 1. The van der Waals surface area contributed by atoms with Gasteiger partial charge in [-0.05, 0) is 50.6 Å². The molecule has 3 amide bonds. The first kappa shape index (κ1) is 18.0. The van der Waals surface area contributed by atoms with E-state index in [4.69, 9.17) is 0 Å². The summed E-state index contributed by atoms with van der Waals surface area (Å²) in [5.41, 5.74) is 0. The number of likely N-dealkylation sites (N-methyl/N-ethyl adjacent to an activating group) is 1. The lowest BCUT2D eigenvalue weighted by molar-refractivity contribution is -0.127. The van der Waals surface area contributed by atoms with Crippen molar-refractivity contribution >= 4 is 11.9 Å². The molecule has 0 aromatic carbocycles. The average molecular weight is 324 g/mol. The van der Waals surface area contributed by atoms with Crippen LogP contribution in [0.5, 0.6) is 0 Å². The Kier molecular flexibility index (Phi) is 6.69. The Morgan fingerprint density at radius 1 is 1.13 bits per heavy atom. The van der Waals surface area contributed by atoms with Crippen molar-refractivity contribution in [1.82, 2.24) is 20.0 Å². The first-order chi connectivity index (χ1) is 11.0. The summed E-state index contributed by atoms with van der Waals surface area (Å²) in [4.78, 5) is 29.7. The number of hydrogen-bond acceptors (Lipinski definition) is 3. The number of piperidine rings is 2. The quantitative estimate of drug-likeness (QED) is 0.846. The second-order valence-electron chi connectivity index (χ2n) is 7.38. The van der Waals surface area contributed by atoms with Crippen molar-refractivity contribution in [2.75, 3.05) is 53.4 Å². The monoisotopic (exact) mass is 324 g/mol. The van der Waals surface area contributed by atoms with E-state index in [0.717, 1.165) is 32.0 Å². The number of rotatable bonds is 4. The Labute approximate surface area is 140 Å². The maximum absolute atomic E-state index is 12.2. The molecule has 0 saturated carbocycles. The summed E-state index contributed by atoms with van der Waals surface area (Å²) in [6, 6.07) is -0.0998. The van der Waals surface area contributed by atoms with Gasteiger partial charge in [0.1, 0.15) is 0 Å². The molecule has 0 aliphatic carbocycles. The maximum Gasteiger partial charge on any atom is 0.317 e. The summed E-state index contributed by atoms with van der Waals surface area (Å²) >= 11 is 0. The van der Waals surface area contributed by atoms with Crippen LogP contribution in [0.1, 0.15) is 32.6 Å². The van der Waals surface area contributed by atoms with Crippen LogP contribution in [-0.4, -0.2) is 80.0 Å². The lowest BCUT2D eigenvalue weighted by Crippen LogP contribution is -2.50. The van der Waals surface area contributed by atoms with Crippen LogP contribution >= 0.6 is 0 Å². The van der Waals surface area contributed by atoms with E-state index in [9.17, 15) is 9.59 Å². The smallest absolute Gasteiger partial charge is 0.317 e. The summed E-state index contributed by atoms with van der Waals surface area (Å²) in [6.45, 7) is 7.52. The predicted octanol–water partition coefficient (Wildman–Crippen LogP) is 1.23. The predicted molar refractivity (Wildman–Crippen MR) is 91.2 cm³/mol. The number of amides is 3.